The number of likely N-dealkylation sites (N-methyl/N-ethyl adjacent to an activating group) is 1. The van der Waals surface area contributed by atoms with Gasteiger partial charge in [-0.3, -0.25) is 4.79 Å². The second-order valence-electron chi connectivity index (χ2n) is 7.82. The summed E-state index contributed by atoms with van der Waals surface area (Å²) in [5.74, 6) is 1.25. The molecule has 2 aromatic rings. The Balaban J connectivity index is 1.56. The first-order chi connectivity index (χ1) is 14.3. The van der Waals surface area contributed by atoms with Gasteiger partial charge in [0.15, 0.2) is 6.10 Å². The van der Waals surface area contributed by atoms with E-state index < -0.39 is 21.7 Å². The van der Waals surface area contributed by atoms with Crippen LogP contribution in [0.4, 0.5) is 0 Å². The molecule has 9 nitrogen and oxygen atoms in total. The summed E-state index contributed by atoms with van der Waals surface area (Å²) in [5.41, 5.74) is -0.774. The van der Waals surface area contributed by atoms with E-state index in [1.807, 2.05) is 10.8 Å². The van der Waals surface area contributed by atoms with Crippen LogP contribution in [-0.4, -0.2) is 73.5 Å². The van der Waals surface area contributed by atoms with Crippen LogP contribution in [0.3, 0.4) is 0 Å². The molecule has 1 amide bonds. The SMILES string of the molecule is COc1ccc(S(=O)(=O)N2CCC3(CC2)O[C@@H](C(=O)N(C)C)Cn2ccnc23)cc1. The topological polar surface area (TPSA) is 94.0 Å². The smallest absolute Gasteiger partial charge is 0.253 e. The van der Waals surface area contributed by atoms with E-state index in [9.17, 15) is 13.2 Å². The Kier molecular flexibility index (Phi) is 5.33. The van der Waals surface area contributed by atoms with Gasteiger partial charge in [0.25, 0.3) is 5.91 Å². The van der Waals surface area contributed by atoms with Crippen LogP contribution in [0, 0.1) is 0 Å². The van der Waals surface area contributed by atoms with Crippen molar-refractivity contribution in [3.63, 3.8) is 0 Å². The lowest BCUT2D eigenvalue weighted by Crippen LogP contribution is -2.54. The van der Waals surface area contributed by atoms with Crippen molar-refractivity contribution in [3.8, 4) is 5.75 Å². The van der Waals surface area contributed by atoms with Crippen molar-refractivity contribution >= 4 is 15.9 Å². The number of ether oxygens (including phenoxy) is 2. The van der Waals surface area contributed by atoms with Gasteiger partial charge < -0.3 is 18.9 Å². The Morgan fingerprint density at radius 3 is 2.50 bits per heavy atom. The summed E-state index contributed by atoms with van der Waals surface area (Å²) in [6.07, 6.45) is 3.78. The van der Waals surface area contributed by atoms with E-state index in [-0.39, 0.29) is 23.9 Å². The van der Waals surface area contributed by atoms with Crippen LogP contribution in [0.25, 0.3) is 0 Å². The first-order valence-electron chi connectivity index (χ1n) is 9.82. The highest BCUT2D eigenvalue weighted by Crippen LogP contribution is 2.41. The average molecular weight is 435 g/mol. The van der Waals surface area contributed by atoms with E-state index >= 15 is 0 Å². The minimum Gasteiger partial charge on any atom is -0.497 e. The largest absolute Gasteiger partial charge is 0.497 e. The zero-order valence-corrected chi connectivity index (χ0v) is 18.1. The zero-order chi connectivity index (χ0) is 21.5. The molecular weight excluding hydrogens is 408 g/mol. The van der Waals surface area contributed by atoms with Gasteiger partial charge in [-0.05, 0) is 37.1 Å². The van der Waals surface area contributed by atoms with E-state index in [4.69, 9.17) is 9.47 Å². The standard InChI is InChI=1S/C20H26N4O5S/c1-22(2)18(25)17-14-23-13-10-21-19(23)20(29-17)8-11-24(12-9-20)30(26,27)16-6-4-15(28-3)5-7-16/h4-7,10,13,17H,8-9,11-12,14H2,1-3H3/t17-/m1/s1. The van der Waals surface area contributed by atoms with Crippen molar-refractivity contribution < 1.29 is 22.7 Å². The van der Waals surface area contributed by atoms with Gasteiger partial charge in [-0.25, -0.2) is 13.4 Å². The molecule has 1 aromatic heterocycles. The van der Waals surface area contributed by atoms with Crippen LogP contribution in [0.15, 0.2) is 41.6 Å². The quantitative estimate of drug-likeness (QED) is 0.714. The molecule has 1 saturated heterocycles. The molecule has 1 atom stereocenters. The summed E-state index contributed by atoms with van der Waals surface area (Å²) in [6, 6.07) is 6.37. The molecule has 2 aliphatic rings. The average Bonchev–Trinajstić information content (AvgIpc) is 3.23. The van der Waals surface area contributed by atoms with Crippen molar-refractivity contribution in [2.45, 2.75) is 36.0 Å². The van der Waals surface area contributed by atoms with E-state index in [0.29, 0.717) is 25.1 Å². The zero-order valence-electron chi connectivity index (χ0n) is 17.3. The molecule has 1 aromatic carbocycles. The van der Waals surface area contributed by atoms with Gasteiger partial charge in [0.1, 0.15) is 17.2 Å². The van der Waals surface area contributed by atoms with E-state index in [1.54, 1.807) is 44.6 Å². The number of fused-ring (bicyclic) bond motifs is 2. The van der Waals surface area contributed by atoms with Crippen molar-refractivity contribution in [2.75, 3.05) is 34.3 Å². The lowest BCUT2D eigenvalue weighted by Gasteiger charge is -2.45. The Morgan fingerprint density at radius 2 is 1.90 bits per heavy atom. The lowest BCUT2D eigenvalue weighted by molar-refractivity contribution is -0.177. The molecule has 3 heterocycles. The Labute approximate surface area is 176 Å². The molecule has 0 unspecified atom stereocenters. The molecule has 0 radical (unpaired) electrons. The number of carbonyl (C=O) groups is 1. The molecular formula is C20H26N4O5S. The number of benzene rings is 1. The highest BCUT2D eigenvalue weighted by Gasteiger charge is 2.48. The fourth-order valence-electron chi connectivity index (χ4n) is 4.14. The first kappa shape index (κ1) is 20.8. The first-order valence-corrected chi connectivity index (χ1v) is 11.3. The maximum absolute atomic E-state index is 13.1. The third-order valence-corrected chi connectivity index (χ3v) is 7.71. The normalized spacial score (nSPS) is 21.2. The predicted octanol–water partition coefficient (Wildman–Crippen LogP) is 1.06. The number of aromatic nitrogens is 2. The lowest BCUT2D eigenvalue weighted by atomic mass is 9.89. The second-order valence-corrected chi connectivity index (χ2v) is 9.75. The number of hydrogen-bond donors (Lipinski definition) is 0. The van der Waals surface area contributed by atoms with Gasteiger partial charge >= 0.3 is 0 Å². The Morgan fingerprint density at radius 1 is 1.23 bits per heavy atom. The molecule has 4 rings (SSSR count). The Bertz CT molecular complexity index is 1020. The number of sulfonamides is 1. The van der Waals surface area contributed by atoms with Crippen LogP contribution in [-0.2, 0) is 31.7 Å². The number of imidazole rings is 1. The number of nitrogens with zero attached hydrogens (tertiary/aromatic N) is 4. The van der Waals surface area contributed by atoms with Gasteiger partial charge in [-0.1, -0.05) is 0 Å². The summed E-state index contributed by atoms with van der Waals surface area (Å²) in [7, 11) is 1.31. The number of carbonyl (C=O) groups excluding carboxylic acids is 1. The predicted molar refractivity (Wildman–Crippen MR) is 108 cm³/mol. The molecule has 162 valence electrons. The maximum Gasteiger partial charge on any atom is 0.253 e. The molecule has 1 fully saturated rings. The van der Waals surface area contributed by atoms with Crippen LogP contribution >= 0.6 is 0 Å². The minimum atomic E-state index is -3.63. The molecule has 2 aliphatic heterocycles. The van der Waals surface area contributed by atoms with Crippen molar-refractivity contribution in [3.05, 3.63) is 42.5 Å². The summed E-state index contributed by atoms with van der Waals surface area (Å²) in [4.78, 5) is 18.8. The highest BCUT2D eigenvalue weighted by molar-refractivity contribution is 7.89. The van der Waals surface area contributed by atoms with Gasteiger partial charge in [-0.2, -0.15) is 4.31 Å². The van der Waals surface area contributed by atoms with Gasteiger partial charge in [0.2, 0.25) is 10.0 Å². The summed E-state index contributed by atoms with van der Waals surface area (Å²) in [6.45, 7) is 0.968. The molecule has 10 heteroatoms. The van der Waals surface area contributed by atoms with Crippen LogP contribution < -0.4 is 4.74 Å². The third kappa shape index (κ3) is 3.48. The molecule has 0 saturated carbocycles. The molecule has 30 heavy (non-hydrogen) atoms. The summed E-state index contributed by atoms with van der Waals surface area (Å²) in [5, 5.41) is 0. The van der Waals surface area contributed by atoms with E-state index in [1.165, 1.54) is 16.3 Å². The fraction of sp³-hybridized carbons (Fsp3) is 0.500. The second kappa shape index (κ2) is 7.68. The van der Waals surface area contributed by atoms with Crippen LogP contribution in [0.2, 0.25) is 0 Å². The van der Waals surface area contributed by atoms with Gasteiger partial charge in [0.05, 0.1) is 18.6 Å². The maximum atomic E-state index is 13.1. The van der Waals surface area contributed by atoms with E-state index in [2.05, 4.69) is 4.98 Å². The molecule has 0 N–H and O–H groups in total. The van der Waals surface area contributed by atoms with Gasteiger partial charge in [-0.15, -0.1) is 0 Å². The third-order valence-electron chi connectivity index (χ3n) is 5.80. The fourth-order valence-corrected chi connectivity index (χ4v) is 5.58. The van der Waals surface area contributed by atoms with Crippen molar-refractivity contribution in [1.29, 1.82) is 0 Å². The summed E-state index contributed by atoms with van der Waals surface area (Å²) >= 11 is 0. The number of amides is 1. The van der Waals surface area contributed by atoms with Crippen molar-refractivity contribution in [2.24, 2.45) is 0 Å². The van der Waals surface area contributed by atoms with Crippen molar-refractivity contribution in [1.82, 2.24) is 18.8 Å². The van der Waals surface area contributed by atoms with Crippen LogP contribution in [0.5, 0.6) is 5.75 Å². The van der Waals surface area contributed by atoms with Gasteiger partial charge in [0, 0.05) is 39.6 Å². The monoisotopic (exact) mass is 434 g/mol. The molecule has 0 bridgehead atoms. The minimum absolute atomic E-state index is 0.109. The number of methoxy groups -OCH3 is 1. The van der Waals surface area contributed by atoms with Crippen LogP contribution in [0.1, 0.15) is 18.7 Å². The number of rotatable bonds is 4. The Hall–Kier alpha value is -2.43. The molecule has 1 spiro atoms. The van der Waals surface area contributed by atoms with E-state index in [0.717, 1.165) is 5.82 Å². The summed E-state index contributed by atoms with van der Waals surface area (Å²) < 4.78 is 41.0. The number of hydrogen-bond acceptors (Lipinski definition) is 6. The highest BCUT2D eigenvalue weighted by atomic mass is 32.2. The molecule has 0 aliphatic carbocycles. The number of piperidine rings is 1.